The number of nitrogens with one attached hydrogen (secondary N) is 1. The summed E-state index contributed by atoms with van der Waals surface area (Å²) >= 11 is 3.27. The Morgan fingerprint density at radius 2 is 2.05 bits per heavy atom. The number of aromatic carboxylic acids is 1. The van der Waals surface area contributed by atoms with Crippen molar-refractivity contribution in [1.29, 1.82) is 0 Å². The molecule has 1 aromatic carbocycles. The number of amides is 1. The van der Waals surface area contributed by atoms with Gasteiger partial charge in [-0.1, -0.05) is 22.0 Å². The van der Waals surface area contributed by atoms with Gasteiger partial charge in [0, 0.05) is 28.5 Å². The largest absolute Gasteiger partial charge is 0.477 e. The Bertz CT molecular complexity index is 666. The van der Waals surface area contributed by atoms with Crippen LogP contribution in [-0.4, -0.2) is 22.0 Å². The Labute approximate surface area is 129 Å². The lowest BCUT2D eigenvalue weighted by Gasteiger charge is -2.07. The minimum absolute atomic E-state index is 0.0372. The molecule has 0 atom stereocenters. The summed E-state index contributed by atoms with van der Waals surface area (Å²) in [5, 5.41) is 11.5. The molecule has 1 heterocycles. The molecule has 0 bridgehead atoms. The molecule has 2 rings (SSSR count). The summed E-state index contributed by atoms with van der Waals surface area (Å²) < 4.78 is 0.722. The highest BCUT2D eigenvalue weighted by atomic mass is 79.9. The molecule has 1 amide bonds. The molecular weight excluding hydrogens is 338 g/mol. The van der Waals surface area contributed by atoms with Gasteiger partial charge in [-0.25, -0.2) is 9.78 Å². The zero-order chi connectivity index (χ0) is 15.4. The van der Waals surface area contributed by atoms with Crippen LogP contribution in [0.15, 0.2) is 41.0 Å². The monoisotopic (exact) mass is 349 g/mol. The lowest BCUT2D eigenvalue weighted by Crippen LogP contribution is -2.23. The van der Waals surface area contributed by atoms with Gasteiger partial charge in [0.2, 0.25) is 0 Å². The van der Waals surface area contributed by atoms with Crippen LogP contribution in [0.2, 0.25) is 0 Å². The number of nitrogens with two attached hydrogens (primary N) is 1. The Balaban J connectivity index is 2.02. The van der Waals surface area contributed by atoms with Gasteiger partial charge >= 0.3 is 5.97 Å². The fourth-order valence-electron chi connectivity index (χ4n) is 1.68. The molecule has 0 saturated carbocycles. The fraction of sp³-hybridized carbons (Fsp3) is 0.0714. The van der Waals surface area contributed by atoms with E-state index in [1.165, 1.54) is 12.3 Å². The standard InChI is InChI=1S/C14H12BrN3O3/c15-10-3-9(4-11(16)5-10)13(19)18-7-8-1-2-12(14(20)21)17-6-8/h1-6H,7,16H2,(H,18,19)(H,20,21). The van der Waals surface area contributed by atoms with Crippen molar-refractivity contribution in [3.05, 3.63) is 57.8 Å². The SMILES string of the molecule is Nc1cc(Br)cc(C(=O)NCc2ccc(C(=O)O)nc2)c1. The number of hydrogen-bond acceptors (Lipinski definition) is 4. The highest BCUT2D eigenvalue weighted by Gasteiger charge is 2.08. The van der Waals surface area contributed by atoms with Gasteiger partial charge in [-0.2, -0.15) is 0 Å². The van der Waals surface area contributed by atoms with Crippen LogP contribution in [0, 0.1) is 0 Å². The van der Waals surface area contributed by atoms with Gasteiger partial charge in [0.05, 0.1) is 0 Å². The average molecular weight is 350 g/mol. The van der Waals surface area contributed by atoms with Crippen LogP contribution in [-0.2, 0) is 6.54 Å². The Morgan fingerprint density at radius 1 is 1.29 bits per heavy atom. The minimum atomic E-state index is -1.09. The molecule has 108 valence electrons. The summed E-state index contributed by atoms with van der Waals surface area (Å²) in [4.78, 5) is 26.5. The maximum Gasteiger partial charge on any atom is 0.354 e. The third kappa shape index (κ3) is 4.03. The molecule has 0 spiro atoms. The number of carboxylic acid groups (broad SMARTS) is 1. The van der Waals surface area contributed by atoms with Crippen LogP contribution in [0.3, 0.4) is 0 Å². The first-order valence-corrected chi connectivity index (χ1v) is 6.77. The van der Waals surface area contributed by atoms with Crippen molar-refractivity contribution in [2.45, 2.75) is 6.54 Å². The van der Waals surface area contributed by atoms with Crippen molar-refractivity contribution < 1.29 is 14.7 Å². The zero-order valence-corrected chi connectivity index (χ0v) is 12.4. The summed E-state index contributed by atoms with van der Waals surface area (Å²) in [7, 11) is 0. The summed E-state index contributed by atoms with van der Waals surface area (Å²) in [6.07, 6.45) is 1.42. The van der Waals surface area contributed by atoms with Gasteiger partial charge < -0.3 is 16.2 Å². The van der Waals surface area contributed by atoms with Crippen molar-refractivity contribution in [3.63, 3.8) is 0 Å². The zero-order valence-electron chi connectivity index (χ0n) is 10.8. The maximum atomic E-state index is 12.0. The molecule has 0 radical (unpaired) electrons. The fourth-order valence-corrected chi connectivity index (χ4v) is 2.19. The van der Waals surface area contributed by atoms with E-state index in [4.69, 9.17) is 10.8 Å². The number of nitrogens with zero attached hydrogens (tertiary/aromatic N) is 1. The normalized spacial score (nSPS) is 10.1. The number of nitrogen functional groups attached to an aromatic ring is 1. The first-order valence-electron chi connectivity index (χ1n) is 5.98. The van der Waals surface area contributed by atoms with Gasteiger partial charge in [0.15, 0.2) is 0 Å². The number of rotatable bonds is 4. The second kappa shape index (κ2) is 6.36. The van der Waals surface area contributed by atoms with E-state index in [0.29, 0.717) is 16.8 Å². The first-order chi connectivity index (χ1) is 9.95. The molecule has 0 saturated heterocycles. The van der Waals surface area contributed by atoms with Crippen LogP contribution in [0.5, 0.6) is 0 Å². The van der Waals surface area contributed by atoms with E-state index in [2.05, 4.69) is 26.2 Å². The molecule has 6 nitrogen and oxygen atoms in total. The highest BCUT2D eigenvalue weighted by molar-refractivity contribution is 9.10. The lowest BCUT2D eigenvalue weighted by molar-refractivity contribution is 0.0690. The van der Waals surface area contributed by atoms with Gasteiger partial charge in [0.1, 0.15) is 5.69 Å². The minimum Gasteiger partial charge on any atom is -0.477 e. The lowest BCUT2D eigenvalue weighted by atomic mass is 10.2. The predicted octanol–water partition coefficient (Wildman–Crippen LogP) is 2.05. The van der Waals surface area contributed by atoms with Gasteiger partial charge in [-0.15, -0.1) is 0 Å². The van der Waals surface area contributed by atoms with Crippen molar-refractivity contribution in [2.24, 2.45) is 0 Å². The van der Waals surface area contributed by atoms with Crippen LogP contribution < -0.4 is 11.1 Å². The number of carboxylic acids is 1. The molecule has 0 fully saturated rings. The molecule has 0 unspecified atom stereocenters. The molecule has 1 aromatic heterocycles. The van der Waals surface area contributed by atoms with E-state index in [0.717, 1.165) is 4.47 Å². The highest BCUT2D eigenvalue weighted by Crippen LogP contribution is 2.17. The van der Waals surface area contributed by atoms with Crippen LogP contribution >= 0.6 is 15.9 Å². The number of halogens is 1. The van der Waals surface area contributed by atoms with E-state index in [-0.39, 0.29) is 18.1 Å². The Kier molecular flexibility index (Phi) is 4.54. The molecule has 4 N–H and O–H groups in total. The summed E-state index contributed by atoms with van der Waals surface area (Å²) in [6, 6.07) is 7.93. The molecule has 21 heavy (non-hydrogen) atoms. The summed E-state index contributed by atoms with van der Waals surface area (Å²) in [5.41, 5.74) is 7.27. The number of hydrogen-bond donors (Lipinski definition) is 3. The molecule has 2 aromatic rings. The van der Waals surface area contributed by atoms with Crippen LogP contribution in [0.4, 0.5) is 5.69 Å². The maximum absolute atomic E-state index is 12.0. The quantitative estimate of drug-likeness (QED) is 0.732. The number of benzene rings is 1. The molecular formula is C14H12BrN3O3. The molecule has 0 aliphatic heterocycles. The molecule has 0 aliphatic rings. The van der Waals surface area contributed by atoms with Gasteiger partial charge in [0.25, 0.3) is 5.91 Å². The van der Waals surface area contributed by atoms with Crippen LogP contribution in [0.1, 0.15) is 26.4 Å². The third-order valence-corrected chi connectivity index (χ3v) is 3.14. The summed E-state index contributed by atoms with van der Waals surface area (Å²) in [5.74, 6) is -1.36. The number of carbonyl (C=O) groups excluding carboxylic acids is 1. The van der Waals surface area contributed by atoms with Crippen molar-refractivity contribution in [1.82, 2.24) is 10.3 Å². The van der Waals surface area contributed by atoms with Crippen molar-refractivity contribution in [2.75, 3.05) is 5.73 Å². The smallest absolute Gasteiger partial charge is 0.354 e. The average Bonchev–Trinajstić information content (AvgIpc) is 2.44. The van der Waals surface area contributed by atoms with E-state index in [1.807, 2.05) is 0 Å². The Morgan fingerprint density at radius 3 is 2.62 bits per heavy atom. The van der Waals surface area contributed by atoms with Crippen LogP contribution in [0.25, 0.3) is 0 Å². The number of anilines is 1. The van der Waals surface area contributed by atoms with Crippen molar-refractivity contribution >= 4 is 33.5 Å². The Hall–Kier alpha value is -2.41. The molecule has 0 aliphatic carbocycles. The van der Waals surface area contributed by atoms with E-state index >= 15 is 0 Å². The van der Waals surface area contributed by atoms with E-state index in [1.54, 1.807) is 24.3 Å². The van der Waals surface area contributed by atoms with Gasteiger partial charge in [-0.3, -0.25) is 4.79 Å². The summed E-state index contributed by atoms with van der Waals surface area (Å²) in [6.45, 7) is 0.248. The number of aromatic nitrogens is 1. The second-order valence-corrected chi connectivity index (χ2v) is 5.23. The first kappa shape index (κ1) is 15.0. The predicted molar refractivity (Wildman–Crippen MR) is 80.9 cm³/mol. The second-order valence-electron chi connectivity index (χ2n) is 4.31. The topological polar surface area (TPSA) is 105 Å². The van der Waals surface area contributed by atoms with Gasteiger partial charge in [-0.05, 0) is 29.8 Å². The van der Waals surface area contributed by atoms with Crippen molar-refractivity contribution in [3.8, 4) is 0 Å². The molecule has 7 heteroatoms. The third-order valence-electron chi connectivity index (χ3n) is 2.68. The van der Waals surface area contributed by atoms with E-state index < -0.39 is 5.97 Å². The number of carbonyl (C=O) groups is 2. The number of pyridine rings is 1. The van der Waals surface area contributed by atoms with E-state index in [9.17, 15) is 9.59 Å².